The molecule has 0 saturated carbocycles. The highest BCUT2D eigenvalue weighted by Gasteiger charge is 2.38. The van der Waals surface area contributed by atoms with Crippen LogP contribution < -0.4 is 10.6 Å². The van der Waals surface area contributed by atoms with Gasteiger partial charge in [0.1, 0.15) is 11.5 Å². The van der Waals surface area contributed by atoms with E-state index >= 15 is 0 Å². The largest absolute Gasteiger partial charge is 0.418 e. The van der Waals surface area contributed by atoms with Crippen molar-refractivity contribution in [2.45, 2.75) is 38.0 Å². The predicted molar refractivity (Wildman–Crippen MR) is 122 cm³/mol. The van der Waals surface area contributed by atoms with E-state index in [1.54, 1.807) is 6.07 Å². The molecule has 9 heteroatoms. The van der Waals surface area contributed by atoms with E-state index in [1.807, 2.05) is 24.3 Å². The van der Waals surface area contributed by atoms with Gasteiger partial charge in [-0.2, -0.15) is 13.2 Å². The van der Waals surface area contributed by atoms with Crippen molar-refractivity contribution >= 4 is 17.8 Å². The molecule has 0 fully saturated rings. The van der Waals surface area contributed by atoms with Crippen LogP contribution in [0.4, 0.5) is 24.7 Å². The number of rotatable bonds is 4. The molecule has 33 heavy (non-hydrogen) atoms. The smallest absolute Gasteiger partial charge is 0.391 e. The molecule has 3 N–H and O–H groups in total. The maximum Gasteiger partial charge on any atom is 0.418 e. The fraction of sp³-hybridized carbons (Fsp3) is 0.292. The van der Waals surface area contributed by atoms with Gasteiger partial charge < -0.3 is 15.7 Å². The minimum atomic E-state index is -4.56. The molecule has 3 aromatic rings. The second-order valence-electron chi connectivity index (χ2n) is 8.86. The molecule has 1 aliphatic rings. The molecule has 6 nitrogen and oxygen atoms in total. The number of aromatic nitrogens is 2. The number of hydrogen-bond acceptors (Lipinski definition) is 6. The van der Waals surface area contributed by atoms with E-state index in [-0.39, 0.29) is 22.6 Å². The monoisotopic (exact) mass is 455 g/mol. The average molecular weight is 455 g/mol. The van der Waals surface area contributed by atoms with E-state index in [9.17, 15) is 18.3 Å². The summed E-state index contributed by atoms with van der Waals surface area (Å²) in [6.07, 6.45) is -1.90. The molecule has 0 radical (unpaired) electrons. The first kappa shape index (κ1) is 22.7. The van der Waals surface area contributed by atoms with Crippen LogP contribution in [-0.2, 0) is 17.3 Å². The minimum absolute atomic E-state index is 0.00618. The SMILES string of the molecule is CC(C)(C)c1ccc(NC2(CO)N=CNc3nc(-c4ncccc4C(F)(F)F)ccc32)cc1. The molecular formula is C24H24F3N5O. The van der Waals surface area contributed by atoms with Crippen LogP contribution in [0.15, 0.2) is 59.7 Å². The lowest BCUT2D eigenvalue weighted by atomic mass is 9.87. The molecule has 172 valence electrons. The van der Waals surface area contributed by atoms with Crippen LogP contribution in [0.5, 0.6) is 0 Å². The zero-order chi connectivity index (χ0) is 23.9. The number of benzene rings is 1. The summed E-state index contributed by atoms with van der Waals surface area (Å²) in [7, 11) is 0. The van der Waals surface area contributed by atoms with Crippen LogP contribution >= 0.6 is 0 Å². The van der Waals surface area contributed by atoms with Gasteiger partial charge in [-0.05, 0) is 47.4 Å². The summed E-state index contributed by atoms with van der Waals surface area (Å²) >= 11 is 0. The number of hydrogen-bond donors (Lipinski definition) is 3. The van der Waals surface area contributed by atoms with Crippen molar-refractivity contribution in [1.82, 2.24) is 9.97 Å². The molecule has 0 bridgehead atoms. The van der Waals surface area contributed by atoms with Crippen molar-refractivity contribution in [3.05, 3.63) is 71.4 Å². The number of pyridine rings is 2. The summed E-state index contributed by atoms with van der Waals surface area (Å²) in [6, 6.07) is 13.1. The summed E-state index contributed by atoms with van der Waals surface area (Å²) in [5, 5.41) is 16.4. The number of nitrogens with zero attached hydrogens (tertiary/aromatic N) is 3. The van der Waals surface area contributed by atoms with Crippen LogP contribution in [0.2, 0.25) is 0 Å². The number of aliphatic hydroxyl groups is 1. The molecular weight excluding hydrogens is 431 g/mol. The first-order valence-electron chi connectivity index (χ1n) is 10.4. The van der Waals surface area contributed by atoms with Crippen molar-refractivity contribution < 1.29 is 18.3 Å². The molecule has 1 atom stereocenters. The Morgan fingerprint density at radius 2 is 1.76 bits per heavy atom. The van der Waals surface area contributed by atoms with Crippen molar-refractivity contribution in [2.24, 2.45) is 4.99 Å². The fourth-order valence-electron chi connectivity index (χ4n) is 3.70. The molecule has 0 amide bonds. The van der Waals surface area contributed by atoms with Crippen molar-refractivity contribution in [2.75, 3.05) is 17.2 Å². The Hall–Kier alpha value is -3.46. The second kappa shape index (κ2) is 8.15. The maximum absolute atomic E-state index is 13.4. The zero-order valence-corrected chi connectivity index (χ0v) is 18.4. The topological polar surface area (TPSA) is 82.4 Å². The predicted octanol–water partition coefficient (Wildman–Crippen LogP) is 5.17. The van der Waals surface area contributed by atoms with E-state index in [0.717, 1.165) is 17.3 Å². The van der Waals surface area contributed by atoms with Crippen LogP contribution in [-0.4, -0.2) is 28.0 Å². The van der Waals surface area contributed by atoms with E-state index in [1.165, 1.54) is 24.7 Å². The maximum atomic E-state index is 13.4. The van der Waals surface area contributed by atoms with E-state index in [4.69, 9.17) is 0 Å². The van der Waals surface area contributed by atoms with Gasteiger partial charge in [-0.3, -0.25) is 4.98 Å². The highest BCUT2D eigenvalue weighted by Crippen LogP contribution is 2.39. The average Bonchev–Trinajstić information content (AvgIpc) is 2.78. The summed E-state index contributed by atoms with van der Waals surface area (Å²) < 4.78 is 40.3. The first-order valence-corrected chi connectivity index (χ1v) is 10.4. The number of nitrogens with one attached hydrogen (secondary N) is 2. The number of halogens is 3. The summed E-state index contributed by atoms with van der Waals surface area (Å²) in [4.78, 5) is 12.7. The number of aliphatic hydroxyl groups excluding tert-OH is 1. The third kappa shape index (κ3) is 4.41. The lowest BCUT2D eigenvalue weighted by Gasteiger charge is -2.34. The Kier molecular flexibility index (Phi) is 5.61. The molecule has 0 aliphatic carbocycles. The van der Waals surface area contributed by atoms with Crippen LogP contribution in [0.3, 0.4) is 0 Å². The number of anilines is 2. The van der Waals surface area contributed by atoms with Crippen molar-refractivity contribution in [3.63, 3.8) is 0 Å². The normalized spacial score (nSPS) is 17.9. The van der Waals surface area contributed by atoms with E-state index in [0.29, 0.717) is 5.56 Å². The summed E-state index contributed by atoms with van der Waals surface area (Å²) in [5.74, 6) is 0.286. The molecule has 1 aromatic carbocycles. The van der Waals surface area contributed by atoms with Gasteiger partial charge in [-0.1, -0.05) is 32.9 Å². The van der Waals surface area contributed by atoms with Gasteiger partial charge in [0.2, 0.25) is 0 Å². The molecule has 4 rings (SSSR count). The Bertz CT molecular complexity index is 1190. The second-order valence-corrected chi connectivity index (χ2v) is 8.86. The highest BCUT2D eigenvalue weighted by molar-refractivity contribution is 5.81. The number of fused-ring (bicyclic) bond motifs is 1. The zero-order valence-electron chi connectivity index (χ0n) is 18.4. The molecule has 0 saturated heterocycles. The molecule has 3 heterocycles. The van der Waals surface area contributed by atoms with E-state index < -0.39 is 24.0 Å². The first-order chi connectivity index (χ1) is 15.5. The van der Waals surface area contributed by atoms with Gasteiger partial charge >= 0.3 is 6.18 Å². The molecule has 0 spiro atoms. The summed E-state index contributed by atoms with van der Waals surface area (Å²) in [5.41, 5.74) is 0.0640. The van der Waals surface area contributed by atoms with Gasteiger partial charge in [-0.25, -0.2) is 9.98 Å². The van der Waals surface area contributed by atoms with Gasteiger partial charge in [0.25, 0.3) is 0 Å². The number of aliphatic imine (C=N–C) groups is 1. The summed E-state index contributed by atoms with van der Waals surface area (Å²) in [6.45, 7) is 5.96. The lowest BCUT2D eigenvalue weighted by molar-refractivity contribution is -0.137. The van der Waals surface area contributed by atoms with Crippen LogP contribution in [0.25, 0.3) is 11.4 Å². The van der Waals surface area contributed by atoms with Crippen LogP contribution in [0.1, 0.15) is 37.5 Å². The fourth-order valence-corrected chi connectivity index (χ4v) is 3.70. The Labute approximate surface area is 189 Å². The van der Waals surface area contributed by atoms with Crippen molar-refractivity contribution in [3.8, 4) is 11.4 Å². The van der Waals surface area contributed by atoms with E-state index in [2.05, 4.69) is 46.4 Å². The van der Waals surface area contributed by atoms with Gasteiger partial charge in [-0.15, -0.1) is 0 Å². The Balaban J connectivity index is 1.71. The third-order valence-corrected chi connectivity index (χ3v) is 5.51. The van der Waals surface area contributed by atoms with Crippen LogP contribution in [0, 0.1) is 0 Å². The highest BCUT2D eigenvalue weighted by atomic mass is 19.4. The molecule has 1 aliphatic heterocycles. The standard InChI is InChI=1S/C24H24F3N5O/c1-22(2,3)15-6-8-16(9-7-15)32-23(13-33)18-10-11-19(31-21(18)29-14-30-23)20-17(24(25,26)27)5-4-12-28-20/h4-12,14,32-33H,13H2,1-3H3,(H,29,30,31). The van der Waals surface area contributed by atoms with Crippen molar-refractivity contribution in [1.29, 1.82) is 0 Å². The molecule has 1 unspecified atom stereocenters. The minimum Gasteiger partial charge on any atom is -0.391 e. The Morgan fingerprint density at radius 3 is 2.39 bits per heavy atom. The molecule has 2 aromatic heterocycles. The van der Waals surface area contributed by atoms with Gasteiger partial charge in [0.05, 0.1) is 24.2 Å². The Morgan fingerprint density at radius 1 is 1.03 bits per heavy atom. The third-order valence-electron chi connectivity index (χ3n) is 5.51. The van der Waals surface area contributed by atoms with Gasteiger partial charge in [0, 0.05) is 17.4 Å². The number of alkyl halides is 3. The lowest BCUT2D eigenvalue weighted by Crippen LogP contribution is -2.41. The quantitative estimate of drug-likeness (QED) is 0.506. The van der Waals surface area contributed by atoms with Gasteiger partial charge in [0.15, 0.2) is 5.66 Å².